The Morgan fingerprint density at radius 1 is 1.20 bits per heavy atom. The molecule has 0 unspecified atom stereocenters. The lowest BCUT2D eigenvalue weighted by molar-refractivity contribution is -0.141. The fourth-order valence-corrected chi connectivity index (χ4v) is 1.53. The van der Waals surface area contributed by atoms with Crippen molar-refractivity contribution in [3.63, 3.8) is 0 Å². The molecule has 0 aliphatic heterocycles. The minimum absolute atomic E-state index is 0.0814. The number of ether oxygens (including phenoxy) is 1. The van der Waals surface area contributed by atoms with Crippen molar-refractivity contribution in [2.75, 3.05) is 0 Å². The number of alkyl halides is 3. The monoisotopic (exact) mass is 299 g/mol. The Kier molecular flexibility index (Phi) is 3.77. The molecular formula is C12H5ClF3N3O. The number of nitriles is 1. The molecule has 8 heteroatoms. The van der Waals surface area contributed by atoms with E-state index in [4.69, 9.17) is 21.6 Å². The average molecular weight is 300 g/mol. The molecular weight excluding hydrogens is 295 g/mol. The standard InChI is InChI=1S/C12H5ClF3N3O/c13-11-18-9(12(14,15)16)5-10(19-11)20-8-4-2-1-3-7(8)6-17/h1-5H. The van der Waals surface area contributed by atoms with Gasteiger partial charge in [-0.1, -0.05) is 12.1 Å². The van der Waals surface area contributed by atoms with E-state index >= 15 is 0 Å². The van der Waals surface area contributed by atoms with E-state index in [1.54, 1.807) is 12.1 Å². The topological polar surface area (TPSA) is 58.8 Å². The summed E-state index contributed by atoms with van der Waals surface area (Å²) in [5.74, 6) is -0.307. The molecule has 0 saturated carbocycles. The molecule has 0 N–H and O–H groups in total. The molecule has 102 valence electrons. The fraction of sp³-hybridized carbons (Fsp3) is 0.0833. The van der Waals surface area contributed by atoms with Crippen LogP contribution in [0, 0.1) is 11.3 Å². The number of hydrogen-bond acceptors (Lipinski definition) is 4. The van der Waals surface area contributed by atoms with E-state index in [9.17, 15) is 13.2 Å². The molecule has 0 spiro atoms. The molecule has 1 aromatic heterocycles. The van der Waals surface area contributed by atoms with Gasteiger partial charge in [0.15, 0.2) is 5.69 Å². The minimum Gasteiger partial charge on any atom is -0.437 e. The number of benzene rings is 1. The van der Waals surface area contributed by atoms with Crippen LogP contribution in [0.4, 0.5) is 13.2 Å². The average Bonchev–Trinajstić information content (AvgIpc) is 2.37. The normalized spacial score (nSPS) is 10.9. The maximum Gasteiger partial charge on any atom is 0.433 e. The van der Waals surface area contributed by atoms with Gasteiger partial charge in [-0.2, -0.15) is 23.4 Å². The number of aromatic nitrogens is 2. The van der Waals surface area contributed by atoms with Gasteiger partial charge in [0.25, 0.3) is 0 Å². The number of rotatable bonds is 2. The maximum absolute atomic E-state index is 12.6. The van der Waals surface area contributed by atoms with Crippen LogP contribution in [0.2, 0.25) is 5.28 Å². The molecule has 0 fully saturated rings. The van der Waals surface area contributed by atoms with Crippen LogP contribution in [0.3, 0.4) is 0 Å². The third kappa shape index (κ3) is 3.16. The fourth-order valence-electron chi connectivity index (χ4n) is 1.35. The Morgan fingerprint density at radius 3 is 2.55 bits per heavy atom. The summed E-state index contributed by atoms with van der Waals surface area (Å²) in [7, 11) is 0. The van der Waals surface area contributed by atoms with E-state index in [2.05, 4.69) is 9.97 Å². The van der Waals surface area contributed by atoms with Crippen molar-refractivity contribution in [2.45, 2.75) is 6.18 Å². The molecule has 1 heterocycles. The molecule has 2 aromatic rings. The second-order valence-electron chi connectivity index (χ2n) is 3.57. The van der Waals surface area contributed by atoms with Crippen molar-refractivity contribution in [2.24, 2.45) is 0 Å². The van der Waals surface area contributed by atoms with Gasteiger partial charge in [-0.05, 0) is 23.7 Å². The Hall–Kier alpha value is -2.33. The van der Waals surface area contributed by atoms with Crippen LogP contribution in [0.1, 0.15) is 11.3 Å². The summed E-state index contributed by atoms with van der Waals surface area (Å²) >= 11 is 5.43. The Balaban J connectivity index is 2.40. The van der Waals surface area contributed by atoms with Crippen molar-refractivity contribution >= 4 is 11.6 Å². The predicted octanol–water partition coefficient (Wildman–Crippen LogP) is 3.81. The van der Waals surface area contributed by atoms with Crippen molar-refractivity contribution in [1.29, 1.82) is 5.26 Å². The first kappa shape index (κ1) is 14.1. The van der Waals surface area contributed by atoms with Crippen LogP contribution in [0.15, 0.2) is 30.3 Å². The van der Waals surface area contributed by atoms with Gasteiger partial charge in [-0.3, -0.25) is 0 Å². The van der Waals surface area contributed by atoms with E-state index < -0.39 is 17.2 Å². The van der Waals surface area contributed by atoms with Crippen molar-refractivity contribution in [3.05, 3.63) is 46.9 Å². The van der Waals surface area contributed by atoms with E-state index in [0.717, 1.165) is 0 Å². The van der Waals surface area contributed by atoms with Crippen LogP contribution in [0.5, 0.6) is 11.6 Å². The van der Waals surface area contributed by atoms with Crippen LogP contribution >= 0.6 is 11.6 Å². The van der Waals surface area contributed by atoms with Gasteiger partial charge in [0.05, 0.1) is 5.56 Å². The largest absolute Gasteiger partial charge is 0.437 e. The molecule has 20 heavy (non-hydrogen) atoms. The highest BCUT2D eigenvalue weighted by molar-refractivity contribution is 6.28. The maximum atomic E-state index is 12.6. The van der Waals surface area contributed by atoms with Gasteiger partial charge < -0.3 is 4.74 Å². The summed E-state index contributed by atoms with van der Waals surface area (Å²) in [6.45, 7) is 0. The molecule has 1 aromatic carbocycles. The zero-order valence-electron chi connectivity index (χ0n) is 9.65. The van der Waals surface area contributed by atoms with Crippen LogP contribution in [-0.2, 0) is 6.18 Å². The second kappa shape index (κ2) is 5.35. The summed E-state index contributed by atoms with van der Waals surface area (Å²) in [6.07, 6.45) is -4.67. The van der Waals surface area contributed by atoms with Crippen LogP contribution < -0.4 is 4.74 Å². The van der Waals surface area contributed by atoms with E-state index in [1.165, 1.54) is 12.1 Å². The summed E-state index contributed by atoms with van der Waals surface area (Å²) < 4.78 is 42.9. The highest BCUT2D eigenvalue weighted by Crippen LogP contribution is 2.32. The Bertz CT molecular complexity index is 682. The first-order valence-corrected chi connectivity index (χ1v) is 5.56. The number of halogens is 4. The smallest absolute Gasteiger partial charge is 0.433 e. The minimum atomic E-state index is -4.67. The van der Waals surface area contributed by atoms with Gasteiger partial charge in [-0.15, -0.1) is 0 Å². The molecule has 0 aliphatic carbocycles. The van der Waals surface area contributed by atoms with Gasteiger partial charge >= 0.3 is 6.18 Å². The summed E-state index contributed by atoms with van der Waals surface area (Å²) in [5.41, 5.74) is -1.06. The third-order valence-corrected chi connectivity index (χ3v) is 2.36. The SMILES string of the molecule is N#Cc1ccccc1Oc1cc(C(F)(F)F)nc(Cl)n1. The highest BCUT2D eigenvalue weighted by Gasteiger charge is 2.34. The summed E-state index contributed by atoms with van der Waals surface area (Å²) in [4.78, 5) is 6.61. The number of hydrogen-bond donors (Lipinski definition) is 0. The number of nitrogens with zero attached hydrogens (tertiary/aromatic N) is 3. The lowest BCUT2D eigenvalue weighted by atomic mass is 10.2. The van der Waals surface area contributed by atoms with Crippen molar-refractivity contribution in [3.8, 4) is 17.7 Å². The molecule has 0 radical (unpaired) electrons. The van der Waals surface area contributed by atoms with E-state index in [-0.39, 0.29) is 17.2 Å². The first-order chi connectivity index (χ1) is 9.40. The van der Waals surface area contributed by atoms with Gasteiger partial charge in [0, 0.05) is 6.07 Å². The van der Waals surface area contributed by atoms with Gasteiger partial charge in [-0.25, -0.2) is 4.98 Å². The summed E-state index contributed by atoms with van der Waals surface area (Å²) in [5, 5.41) is 8.27. The summed E-state index contributed by atoms with van der Waals surface area (Å²) in [6, 6.07) is 8.53. The van der Waals surface area contributed by atoms with Crippen molar-refractivity contribution < 1.29 is 17.9 Å². The van der Waals surface area contributed by atoms with Crippen LogP contribution in [0.25, 0.3) is 0 Å². The molecule has 2 rings (SSSR count). The second-order valence-corrected chi connectivity index (χ2v) is 3.91. The molecule has 0 aliphatic rings. The van der Waals surface area contributed by atoms with Crippen LogP contribution in [-0.4, -0.2) is 9.97 Å². The van der Waals surface area contributed by atoms with Gasteiger partial charge in [0.2, 0.25) is 11.2 Å². The lowest BCUT2D eigenvalue weighted by Crippen LogP contribution is -2.09. The first-order valence-electron chi connectivity index (χ1n) is 5.19. The molecule has 0 bridgehead atoms. The Morgan fingerprint density at radius 2 is 1.90 bits per heavy atom. The van der Waals surface area contributed by atoms with E-state index in [0.29, 0.717) is 6.07 Å². The predicted molar refractivity (Wildman–Crippen MR) is 63.3 cm³/mol. The molecule has 0 amide bonds. The zero-order valence-corrected chi connectivity index (χ0v) is 10.4. The molecule has 0 atom stereocenters. The van der Waals surface area contributed by atoms with Crippen molar-refractivity contribution in [1.82, 2.24) is 9.97 Å². The third-order valence-electron chi connectivity index (χ3n) is 2.19. The quantitative estimate of drug-likeness (QED) is 0.791. The van der Waals surface area contributed by atoms with E-state index in [1.807, 2.05) is 6.07 Å². The lowest BCUT2D eigenvalue weighted by Gasteiger charge is -2.09. The highest BCUT2D eigenvalue weighted by atomic mass is 35.5. The molecule has 0 saturated heterocycles. The zero-order chi connectivity index (χ0) is 14.8. The molecule has 4 nitrogen and oxygen atoms in total. The Labute approximate surface area is 116 Å². The van der Waals surface area contributed by atoms with Gasteiger partial charge in [0.1, 0.15) is 11.8 Å². The number of para-hydroxylation sites is 1.